The van der Waals surface area contributed by atoms with Gasteiger partial charge in [0.15, 0.2) is 0 Å². The van der Waals surface area contributed by atoms with Gasteiger partial charge in [-0.1, -0.05) is 11.6 Å². The number of amides is 1. The first-order chi connectivity index (χ1) is 8.97. The normalized spacial score (nSPS) is 10.3. The lowest BCUT2D eigenvalue weighted by molar-refractivity contribution is 0.102. The summed E-state index contributed by atoms with van der Waals surface area (Å²) in [6.07, 6.45) is 0. The maximum absolute atomic E-state index is 13.1. The minimum Gasteiger partial charge on any atom is -0.397 e. The molecule has 0 aromatic heterocycles. The van der Waals surface area contributed by atoms with Crippen molar-refractivity contribution in [2.75, 3.05) is 11.1 Å². The third-order valence-electron chi connectivity index (χ3n) is 2.44. The summed E-state index contributed by atoms with van der Waals surface area (Å²) < 4.78 is 13.3. The van der Waals surface area contributed by atoms with Crippen LogP contribution in [-0.4, -0.2) is 5.91 Å². The van der Waals surface area contributed by atoms with E-state index in [4.69, 9.17) is 17.3 Å². The summed E-state index contributed by atoms with van der Waals surface area (Å²) in [5, 5.41) is 3.12. The van der Waals surface area contributed by atoms with Crippen molar-refractivity contribution in [1.82, 2.24) is 0 Å². The topological polar surface area (TPSA) is 55.1 Å². The van der Waals surface area contributed by atoms with Gasteiger partial charge in [-0.05, 0) is 52.3 Å². The number of halogens is 3. The number of anilines is 2. The number of benzene rings is 2. The average Bonchev–Trinajstić information content (AvgIpc) is 2.36. The molecule has 0 atom stereocenters. The molecule has 0 heterocycles. The molecule has 0 radical (unpaired) electrons. The van der Waals surface area contributed by atoms with Crippen molar-refractivity contribution in [2.45, 2.75) is 0 Å². The number of rotatable bonds is 2. The molecule has 3 N–H and O–H groups in total. The average molecular weight is 344 g/mol. The molecule has 0 aliphatic rings. The smallest absolute Gasteiger partial charge is 0.255 e. The standard InChI is InChI=1S/C13H9BrClFN2O/c14-9-5-7(1-3-10(9)16)13(19)18-12-4-2-8(15)6-11(12)17/h1-6H,17H2,(H,18,19). The molecular weight excluding hydrogens is 335 g/mol. The quantitative estimate of drug-likeness (QED) is 0.807. The highest BCUT2D eigenvalue weighted by molar-refractivity contribution is 9.10. The predicted molar refractivity (Wildman–Crippen MR) is 77.9 cm³/mol. The van der Waals surface area contributed by atoms with E-state index in [1.165, 1.54) is 24.3 Å². The third kappa shape index (κ3) is 3.24. The Morgan fingerprint density at radius 1 is 1.26 bits per heavy atom. The van der Waals surface area contributed by atoms with Crippen LogP contribution in [0.5, 0.6) is 0 Å². The fourth-order valence-electron chi connectivity index (χ4n) is 1.48. The molecule has 6 heteroatoms. The van der Waals surface area contributed by atoms with Crippen molar-refractivity contribution >= 4 is 44.8 Å². The van der Waals surface area contributed by atoms with E-state index in [9.17, 15) is 9.18 Å². The largest absolute Gasteiger partial charge is 0.397 e. The van der Waals surface area contributed by atoms with Crippen molar-refractivity contribution < 1.29 is 9.18 Å². The number of nitrogen functional groups attached to an aromatic ring is 1. The predicted octanol–water partition coefficient (Wildman–Crippen LogP) is 4.08. The molecule has 2 aromatic rings. The molecule has 0 aliphatic carbocycles. The van der Waals surface area contributed by atoms with Crippen molar-refractivity contribution in [3.05, 3.63) is 57.3 Å². The third-order valence-corrected chi connectivity index (χ3v) is 3.29. The van der Waals surface area contributed by atoms with Crippen molar-refractivity contribution in [3.8, 4) is 0 Å². The van der Waals surface area contributed by atoms with Crippen LogP contribution in [0.15, 0.2) is 40.9 Å². The Hall–Kier alpha value is -1.59. The SMILES string of the molecule is Nc1cc(Cl)ccc1NC(=O)c1ccc(F)c(Br)c1. The molecule has 0 aliphatic heterocycles. The van der Waals surface area contributed by atoms with Gasteiger partial charge in [0.2, 0.25) is 0 Å². The second-order valence-corrected chi connectivity index (χ2v) is 5.11. The van der Waals surface area contributed by atoms with E-state index in [0.29, 0.717) is 22.0 Å². The van der Waals surface area contributed by atoms with Crippen LogP contribution in [0.4, 0.5) is 15.8 Å². The van der Waals surface area contributed by atoms with Crippen molar-refractivity contribution in [2.24, 2.45) is 0 Å². The highest BCUT2D eigenvalue weighted by Gasteiger charge is 2.10. The Kier molecular flexibility index (Phi) is 4.07. The Bertz CT molecular complexity index is 649. The van der Waals surface area contributed by atoms with Crippen LogP contribution in [0.2, 0.25) is 5.02 Å². The van der Waals surface area contributed by atoms with Crippen LogP contribution in [-0.2, 0) is 0 Å². The molecule has 0 bridgehead atoms. The van der Waals surface area contributed by atoms with Crippen molar-refractivity contribution in [1.29, 1.82) is 0 Å². The van der Waals surface area contributed by atoms with E-state index in [1.807, 2.05) is 0 Å². The number of hydrogen-bond acceptors (Lipinski definition) is 2. The second-order valence-electron chi connectivity index (χ2n) is 3.81. The molecule has 98 valence electrons. The number of nitrogens with one attached hydrogen (secondary N) is 1. The number of carbonyl (C=O) groups excluding carboxylic acids is 1. The zero-order valence-corrected chi connectivity index (χ0v) is 11.9. The van der Waals surface area contributed by atoms with Gasteiger partial charge in [-0.2, -0.15) is 0 Å². The van der Waals surface area contributed by atoms with E-state index >= 15 is 0 Å². The van der Waals surface area contributed by atoms with Gasteiger partial charge < -0.3 is 11.1 Å². The minimum atomic E-state index is -0.428. The van der Waals surface area contributed by atoms with E-state index in [-0.39, 0.29) is 10.4 Å². The maximum atomic E-state index is 13.1. The lowest BCUT2D eigenvalue weighted by Gasteiger charge is -2.08. The fraction of sp³-hybridized carbons (Fsp3) is 0. The van der Waals surface area contributed by atoms with Crippen LogP contribution in [0.25, 0.3) is 0 Å². The summed E-state index contributed by atoms with van der Waals surface area (Å²) in [6.45, 7) is 0. The first-order valence-corrected chi connectivity index (χ1v) is 6.46. The number of carbonyl (C=O) groups is 1. The molecule has 0 fully saturated rings. The summed E-state index contributed by atoms with van der Waals surface area (Å²) >= 11 is 8.79. The molecule has 2 aromatic carbocycles. The van der Waals surface area contributed by atoms with Crippen LogP contribution in [0.1, 0.15) is 10.4 Å². The van der Waals surface area contributed by atoms with Crippen LogP contribution in [0, 0.1) is 5.82 Å². The maximum Gasteiger partial charge on any atom is 0.255 e. The number of hydrogen-bond donors (Lipinski definition) is 2. The molecule has 0 saturated carbocycles. The van der Waals surface area contributed by atoms with Crippen LogP contribution in [0.3, 0.4) is 0 Å². The van der Waals surface area contributed by atoms with Gasteiger partial charge in [-0.25, -0.2) is 4.39 Å². The first kappa shape index (κ1) is 13.8. The van der Waals surface area contributed by atoms with Gasteiger partial charge in [0.25, 0.3) is 5.91 Å². The van der Waals surface area contributed by atoms with Crippen LogP contribution < -0.4 is 11.1 Å². The van der Waals surface area contributed by atoms with Gasteiger partial charge >= 0.3 is 0 Å². The molecule has 0 saturated heterocycles. The zero-order chi connectivity index (χ0) is 14.0. The zero-order valence-electron chi connectivity index (χ0n) is 9.58. The Morgan fingerprint density at radius 3 is 2.63 bits per heavy atom. The lowest BCUT2D eigenvalue weighted by Crippen LogP contribution is -2.13. The Labute approximate surface area is 122 Å². The van der Waals surface area contributed by atoms with Gasteiger partial charge in [-0.15, -0.1) is 0 Å². The van der Waals surface area contributed by atoms with Crippen molar-refractivity contribution in [3.63, 3.8) is 0 Å². The number of nitrogens with two attached hydrogens (primary N) is 1. The summed E-state index contributed by atoms with van der Waals surface area (Å²) in [7, 11) is 0. The Morgan fingerprint density at radius 2 is 2.00 bits per heavy atom. The highest BCUT2D eigenvalue weighted by atomic mass is 79.9. The van der Waals surface area contributed by atoms with Gasteiger partial charge in [0, 0.05) is 10.6 Å². The second kappa shape index (κ2) is 5.59. The summed E-state index contributed by atoms with van der Waals surface area (Å²) in [5.74, 6) is -0.808. The van der Waals surface area contributed by atoms with E-state index in [2.05, 4.69) is 21.2 Å². The fourth-order valence-corrected chi connectivity index (χ4v) is 2.04. The highest BCUT2D eigenvalue weighted by Crippen LogP contribution is 2.24. The van der Waals surface area contributed by atoms with Gasteiger partial charge in [-0.3, -0.25) is 4.79 Å². The molecule has 19 heavy (non-hydrogen) atoms. The molecular formula is C13H9BrClFN2O. The molecule has 0 unspecified atom stereocenters. The van der Waals surface area contributed by atoms with E-state index < -0.39 is 5.82 Å². The van der Waals surface area contributed by atoms with Crippen LogP contribution >= 0.6 is 27.5 Å². The van der Waals surface area contributed by atoms with Gasteiger partial charge in [0.05, 0.1) is 15.8 Å². The summed E-state index contributed by atoms with van der Waals surface area (Å²) in [6, 6.07) is 8.77. The van der Waals surface area contributed by atoms with E-state index in [0.717, 1.165) is 0 Å². The summed E-state index contributed by atoms with van der Waals surface area (Å²) in [5.41, 5.74) is 6.87. The lowest BCUT2D eigenvalue weighted by atomic mass is 10.2. The summed E-state index contributed by atoms with van der Waals surface area (Å²) in [4.78, 5) is 12.0. The van der Waals surface area contributed by atoms with E-state index in [1.54, 1.807) is 12.1 Å². The molecule has 0 spiro atoms. The molecule has 1 amide bonds. The minimum absolute atomic E-state index is 0.226. The Balaban J connectivity index is 2.23. The monoisotopic (exact) mass is 342 g/mol. The molecule has 2 rings (SSSR count). The first-order valence-electron chi connectivity index (χ1n) is 5.29. The molecule has 3 nitrogen and oxygen atoms in total. The van der Waals surface area contributed by atoms with Gasteiger partial charge in [0.1, 0.15) is 5.82 Å².